The zero-order valence-corrected chi connectivity index (χ0v) is 12.2. The summed E-state index contributed by atoms with van der Waals surface area (Å²) in [6.45, 7) is 4.76. The summed E-state index contributed by atoms with van der Waals surface area (Å²) in [5, 5.41) is 0. The molecule has 0 amide bonds. The van der Waals surface area contributed by atoms with Crippen LogP contribution in [0.25, 0.3) is 0 Å². The fourth-order valence-corrected chi connectivity index (χ4v) is 3.01. The lowest BCUT2D eigenvalue weighted by atomic mass is 9.95. The van der Waals surface area contributed by atoms with Crippen LogP contribution in [0.3, 0.4) is 0 Å². The molecule has 0 bridgehead atoms. The highest BCUT2D eigenvalue weighted by Crippen LogP contribution is 2.34. The molecule has 0 radical (unpaired) electrons. The van der Waals surface area contributed by atoms with E-state index in [-0.39, 0.29) is 11.9 Å². The number of hydrogen-bond donors (Lipinski definition) is 1. The number of aryl methyl sites for hydroxylation is 2. The maximum Gasteiger partial charge on any atom is 0.196 e. The monoisotopic (exact) mass is 283 g/mol. The molecule has 0 aliphatic carbocycles. The Morgan fingerprint density at radius 3 is 2.48 bits per heavy atom. The van der Waals surface area contributed by atoms with Gasteiger partial charge in [-0.1, -0.05) is 24.3 Å². The average Bonchev–Trinajstić information content (AvgIpc) is 2.80. The van der Waals surface area contributed by atoms with E-state index < -0.39 is 0 Å². The third-order valence-corrected chi connectivity index (χ3v) is 3.95. The molecule has 0 saturated carbocycles. The van der Waals surface area contributed by atoms with E-state index in [4.69, 9.17) is 5.73 Å². The van der Waals surface area contributed by atoms with Gasteiger partial charge in [-0.05, 0) is 48.7 Å². The van der Waals surface area contributed by atoms with E-state index in [1.54, 1.807) is 6.07 Å². The Balaban J connectivity index is 2.07. The van der Waals surface area contributed by atoms with Crippen LogP contribution >= 0.6 is 0 Å². The normalized spacial score (nSPS) is 18.0. The maximum absolute atomic E-state index is 13.5. The minimum atomic E-state index is -0.271. The Bertz CT molecular complexity index is 689. The van der Waals surface area contributed by atoms with Gasteiger partial charge < -0.3 is 10.6 Å². The molecule has 2 N–H and O–H groups in total. The third-order valence-electron chi connectivity index (χ3n) is 3.95. The Morgan fingerprint density at radius 1 is 1.14 bits per heavy atom. The smallest absolute Gasteiger partial charge is 0.196 e. The number of nitrogens with two attached hydrogens (primary N) is 1. The molecule has 0 spiro atoms. The summed E-state index contributed by atoms with van der Waals surface area (Å²) in [7, 11) is 0. The van der Waals surface area contributed by atoms with Gasteiger partial charge in [-0.2, -0.15) is 0 Å². The van der Waals surface area contributed by atoms with Gasteiger partial charge in [0.05, 0.1) is 12.6 Å². The molecule has 0 fully saturated rings. The SMILES string of the molecule is Cc1cccc(C)c1C1CN=C(N)N1c1cccc(F)c1. The highest BCUT2D eigenvalue weighted by atomic mass is 19.1. The molecule has 21 heavy (non-hydrogen) atoms. The van der Waals surface area contributed by atoms with E-state index in [0.717, 1.165) is 5.69 Å². The van der Waals surface area contributed by atoms with E-state index in [1.165, 1.54) is 28.8 Å². The lowest BCUT2D eigenvalue weighted by Gasteiger charge is -2.29. The lowest BCUT2D eigenvalue weighted by Crippen LogP contribution is -2.36. The molecule has 108 valence electrons. The van der Waals surface area contributed by atoms with Crippen molar-refractivity contribution in [2.24, 2.45) is 10.7 Å². The minimum Gasteiger partial charge on any atom is -0.369 e. The summed E-state index contributed by atoms with van der Waals surface area (Å²) in [5.74, 6) is 0.167. The summed E-state index contributed by atoms with van der Waals surface area (Å²) >= 11 is 0. The van der Waals surface area contributed by atoms with Crippen molar-refractivity contribution >= 4 is 11.6 Å². The van der Waals surface area contributed by atoms with E-state index in [2.05, 4.69) is 31.0 Å². The van der Waals surface area contributed by atoms with Crippen molar-refractivity contribution in [1.82, 2.24) is 0 Å². The summed E-state index contributed by atoms with van der Waals surface area (Å²) in [6.07, 6.45) is 0. The zero-order valence-electron chi connectivity index (χ0n) is 12.2. The molecule has 3 rings (SSSR count). The van der Waals surface area contributed by atoms with E-state index in [0.29, 0.717) is 12.5 Å². The van der Waals surface area contributed by atoms with Gasteiger partial charge in [0.1, 0.15) is 5.82 Å². The van der Waals surface area contributed by atoms with Crippen LogP contribution in [0.2, 0.25) is 0 Å². The van der Waals surface area contributed by atoms with Crippen molar-refractivity contribution in [3.63, 3.8) is 0 Å². The number of benzene rings is 2. The van der Waals surface area contributed by atoms with Gasteiger partial charge in [-0.15, -0.1) is 0 Å². The van der Waals surface area contributed by atoms with Crippen LogP contribution in [-0.2, 0) is 0 Å². The molecular formula is C17H18FN3. The molecule has 3 nitrogen and oxygen atoms in total. The Hall–Kier alpha value is -2.36. The van der Waals surface area contributed by atoms with Gasteiger partial charge in [0.25, 0.3) is 0 Å². The maximum atomic E-state index is 13.5. The number of halogens is 1. The highest BCUT2D eigenvalue weighted by molar-refractivity contribution is 5.97. The molecule has 1 aliphatic rings. The number of rotatable bonds is 2. The summed E-state index contributed by atoms with van der Waals surface area (Å²) in [5.41, 5.74) is 10.4. The predicted octanol–water partition coefficient (Wildman–Crippen LogP) is 3.32. The standard InChI is InChI=1S/C17H18FN3/c1-11-5-3-6-12(2)16(11)15-10-20-17(19)21(15)14-8-4-7-13(18)9-14/h3-9,15H,10H2,1-2H3,(H2,19,20). The van der Waals surface area contributed by atoms with Crippen molar-refractivity contribution in [2.75, 3.05) is 11.4 Å². The van der Waals surface area contributed by atoms with Gasteiger partial charge in [0.2, 0.25) is 0 Å². The molecule has 1 aliphatic heterocycles. The predicted molar refractivity (Wildman–Crippen MR) is 84.0 cm³/mol. The van der Waals surface area contributed by atoms with Gasteiger partial charge in [-0.25, -0.2) is 4.39 Å². The van der Waals surface area contributed by atoms with E-state index in [9.17, 15) is 4.39 Å². The van der Waals surface area contributed by atoms with E-state index in [1.807, 2.05) is 17.0 Å². The largest absolute Gasteiger partial charge is 0.369 e. The molecule has 1 atom stereocenters. The second-order valence-corrected chi connectivity index (χ2v) is 5.37. The summed E-state index contributed by atoms with van der Waals surface area (Å²) < 4.78 is 13.5. The van der Waals surface area contributed by atoms with Crippen molar-refractivity contribution in [2.45, 2.75) is 19.9 Å². The number of hydrogen-bond acceptors (Lipinski definition) is 3. The Labute approximate surface area is 123 Å². The lowest BCUT2D eigenvalue weighted by molar-refractivity contribution is 0.626. The van der Waals surface area contributed by atoms with Crippen LogP contribution in [0, 0.1) is 19.7 Å². The Morgan fingerprint density at radius 2 is 1.81 bits per heavy atom. The number of anilines is 1. The number of nitrogens with zero attached hydrogens (tertiary/aromatic N) is 2. The molecule has 1 unspecified atom stereocenters. The van der Waals surface area contributed by atoms with Crippen LogP contribution in [0.15, 0.2) is 47.5 Å². The second-order valence-electron chi connectivity index (χ2n) is 5.37. The van der Waals surface area contributed by atoms with Gasteiger partial charge in [0.15, 0.2) is 5.96 Å². The highest BCUT2D eigenvalue weighted by Gasteiger charge is 2.30. The van der Waals surface area contributed by atoms with Gasteiger partial charge in [-0.3, -0.25) is 4.99 Å². The average molecular weight is 283 g/mol. The topological polar surface area (TPSA) is 41.6 Å². The van der Waals surface area contributed by atoms with Crippen LogP contribution in [0.1, 0.15) is 22.7 Å². The zero-order chi connectivity index (χ0) is 15.0. The van der Waals surface area contributed by atoms with Gasteiger partial charge >= 0.3 is 0 Å². The molecular weight excluding hydrogens is 265 g/mol. The molecule has 2 aromatic rings. The molecule has 4 heteroatoms. The quantitative estimate of drug-likeness (QED) is 0.918. The number of guanidine groups is 1. The third kappa shape index (κ3) is 2.37. The first kappa shape index (κ1) is 13.6. The fourth-order valence-electron chi connectivity index (χ4n) is 3.01. The van der Waals surface area contributed by atoms with Crippen LogP contribution in [0.5, 0.6) is 0 Å². The molecule has 0 aromatic heterocycles. The fraction of sp³-hybridized carbons (Fsp3) is 0.235. The first-order chi connectivity index (χ1) is 10.1. The Kier molecular flexibility index (Phi) is 3.37. The van der Waals surface area contributed by atoms with E-state index >= 15 is 0 Å². The van der Waals surface area contributed by atoms with Gasteiger partial charge in [0, 0.05) is 5.69 Å². The molecule has 0 saturated heterocycles. The summed E-state index contributed by atoms with van der Waals surface area (Å²) in [4.78, 5) is 6.28. The van der Waals surface area contributed by atoms with Crippen LogP contribution in [0.4, 0.5) is 10.1 Å². The molecule has 2 aromatic carbocycles. The molecule has 1 heterocycles. The minimum absolute atomic E-state index is 0.0213. The van der Waals surface area contributed by atoms with Crippen molar-refractivity contribution in [1.29, 1.82) is 0 Å². The van der Waals surface area contributed by atoms with Crippen molar-refractivity contribution in [3.05, 3.63) is 65.0 Å². The number of aliphatic imine (C=N–C) groups is 1. The second kappa shape index (κ2) is 5.20. The first-order valence-electron chi connectivity index (χ1n) is 6.99. The first-order valence-corrected chi connectivity index (χ1v) is 6.99. The van der Waals surface area contributed by atoms with Crippen LogP contribution < -0.4 is 10.6 Å². The van der Waals surface area contributed by atoms with Crippen molar-refractivity contribution in [3.8, 4) is 0 Å². The van der Waals surface area contributed by atoms with Crippen LogP contribution in [-0.4, -0.2) is 12.5 Å². The van der Waals surface area contributed by atoms with Crippen molar-refractivity contribution < 1.29 is 4.39 Å². The summed E-state index contributed by atoms with van der Waals surface area (Å²) in [6, 6.07) is 12.7.